The number of hydrogen-bond donors (Lipinski definition) is 7. The number of cyclic esters (lactones) is 1. The Labute approximate surface area is 273 Å². The molecule has 4 aliphatic heterocycles. The number of hydrogen-bond acceptors (Lipinski definition) is 13. The standard InChI is InChI=1S/C33H47NO13/c1-18-10-8-6-4-3-5-7-9-11-21(45-32-30(39)28(34)29(38)19(2)44-32)15-25-27(31(40)41)22(36)17-33(42,47-25)16-20(35)14-24-23(46-24)12-13-26(37)43-18/h3-9,11-13,18-25,27-30,32,35-36,38-39,42H,10,14-17,34H2,1-2H3,(H,40,41)/b4-3+,7-5+,8-6+,11-9+,13-12+/t18-,19-,20-,21+,22+,23+,24+,25-,27-,28+,29+,30+,32+,33+/m1/s1. The van der Waals surface area contributed by atoms with E-state index in [9.17, 15) is 40.2 Å². The van der Waals surface area contributed by atoms with Crippen LogP contribution in [-0.2, 0) is 33.3 Å². The molecule has 0 saturated carbocycles. The number of aliphatic carboxylic acids is 1. The van der Waals surface area contributed by atoms with Crippen molar-refractivity contribution in [1.29, 1.82) is 0 Å². The molecule has 0 aromatic heterocycles. The SMILES string of the molecule is C[C@@H]1C/C=C/C=C/C=C/C=C/[C@H](O[C@@H]2O[C@H](C)[C@H](O)[C@H](N)[C@@H]2O)C[C@H]2O[C@@](O)(C[C@H](O)C[C@@H]3O[C@H]3/C=C/C(=O)O1)C[C@H](O)[C@H]2C(=O)O. The van der Waals surface area contributed by atoms with Crippen molar-refractivity contribution in [1.82, 2.24) is 0 Å². The highest BCUT2D eigenvalue weighted by Crippen LogP contribution is 2.39. The molecule has 14 atom stereocenters. The van der Waals surface area contributed by atoms with Gasteiger partial charge in [0.15, 0.2) is 12.1 Å². The van der Waals surface area contributed by atoms with Crippen LogP contribution in [-0.4, -0.2) is 122 Å². The summed E-state index contributed by atoms with van der Waals surface area (Å²) in [5, 5.41) is 63.9. The molecular formula is C33H47NO13. The summed E-state index contributed by atoms with van der Waals surface area (Å²) in [6.45, 7) is 3.34. The predicted octanol–water partition coefficient (Wildman–Crippen LogP) is 0.120. The van der Waals surface area contributed by atoms with Gasteiger partial charge >= 0.3 is 11.9 Å². The molecule has 47 heavy (non-hydrogen) atoms. The Morgan fingerprint density at radius 1 is 0.936 bits per heavy atom. The van der Waals surface area contributed by atoms with Gasteiger partial charge in [0.25, 0.3) is 0 Å². The molecule has 14 heteroatoms. The highest BCUT2D eigenvalue weighted by Gasteiger charge is 2.51. The van der Waals surface area contributed by atoms with Crippen molar-refractivity contribution >= 4 is 11.9 Å². The highest BCUT2D eigenvalue weighted by atomic mass is 16.7. The number of aliphatic hydroxyl groups is 5. The highest BCUT2D eigenvalue weighted by molar-refractivity contribution is 5.82. The van der Waals surface area contributed by atoms with E-state index in [1.807, 2.05) is 6.08 Å². The molecule has 0 radical (unpaired) electrons. The number of allylic oxidation sites excluding steroid dienone is 6. The maximum absolute atomic E-state index is 12.3. The van der Waals surface area contributed by atoms with Crippen LogP contribution in [0.15, 0.2) is 60.8 Å². The molecule has 2 bridgehead atoms. The minimum Gasteiger partial charge on any atom is -0.481 e. The fraction of sp³-hybridized carbons (Fsp3) is 0.636. The number of carboxylic acids is 1. The molecule has 4 aliphatic rings. The number of epoxide rings is 1. The number of fused-ring (bicyclic) bond motifs is 3. The van der Waals surface area contributed by atoms with Gasteiger partial charge in [-0.05, 0) is 19.9 Å². The van der Waals surface area contributed by atoms with Gasteiger partial charge in [0.2, 0.25) is 0 Å². The molecule has 0 spiro atoms. The lowest BCUT2D eigenvalue weighted by atomic mass is 9.83. The van der Waals surface area contributed by atoms with Crippen LogP contribution in [0.2, 0.25) is 0 Å². The fourth-order valence-electron chi connectivity index (χ4n) is 6.00. The zero-order valence-corrected chi connectivity index (χ0v) is 26.4. The van der Waals surface area contributed by atoms with Crippen LogP contribution in [0, 0.1) is 5.92 Å². The Balaban J connectivity index is 1.58. The van der Waals surface area contributed by atoms with Gasteiger partial charge in [-0.25, -0.2) is 4.79 Å². The van der Waals surface area contributed by atoms with E-state index in [1.54, 1.807) is 56.4 Å². The lowest BCUT2D eigenvalue weighted by Gasteiger charge is -2.45. The Hall–Kier alpha value is -2.76. The molecule has 14 nitrogen and oxygen atoms in total. The number of aliphatic hydroxyl groups excluding tert-OH is 4. The molecule has 4 rings (SSSR count). The Kier molecular flexibility index (Phi) is 13.1. The van der Waals surface area contributed by atoms with Crippen molar-refractivity contribution in [3.63, 3.8) is 0 Å². The molecule has 0 unspecified atom stereocenters. The molecule has 4 heterocycles. The second-order valence-corrected chi connectivity index (χ2v) is 12.6. The van der Waals surface area contributed by atoms with Crippen LogP contribution in [0.3, 0.4) is 0 Å². The topological polar surface area (TPSA) is 231 Å². The van der Waals surface area contributed by atoms with Crippen LogP contribution < -0.4 is 5.73 Å². The molecular weight excluding hydrogens is 618 g/mol. The Morgan fingerprint density at radius 3 is 2.36 bits per heavy atom. The van der Waals surface area contributed by atoms with Crippen LogP contribution >= 0.6 is 0 Å². The zero-order chi connectivity index (χ0) is 34.3. The normalized spacial score (nSPS) is 47.2. The molecule has 262 valence electrons. The number of carbonyl (C=O) groups excluding carboxylic acids is 1. The van der Waals surface area contributed by atoms with Crippen LogP contribution in [0.4, 0.5) is 0 Å². The Bertz CT molecular complexity index is 1220. The van der Waals surface area contributed by atoms with Crippen molar-refractivity contribution < 1.29 is 63.9 Å². The third-order valence-electron chi connectivity index (χ3n) is 8.58. The number of ether oxygens (including phenoxy) is 5. The Morgan fingerprint density at radius 2 is 1.64 bits per heavy atom. The first-order valence-corrected chi connectivity index (χ1v) is 15.9. The van der Waals surface area contributed by atoms with Crippen molar-refractivity contribution in [2.45, 2.75) is 125 Å². The van der Waals surface area contributed by atoms with Gasteiger partial charge in [-0.15, -0.1) is 0 Å². The lowest BCUT2D eigenvalue weighted by Crippen LogP contribution is -2.61. The minimum atomic E-state index is -2.10. The first-order chi connectivity index (χ1) is 22.3. The van der Waals surface area contributed by atoms with Gasteiger partial charge in [-0.1, -0.05) is 48.6 Å². The zero-order valence-electron chi connectivity index (χ0n) is 26.4. The quantitative estimate of drug-likeness (QED) is 0.157. The second-order valence-electron chi connectivity index (χ2n) is 12.6. The maximum atomic E-state index is 12.3. The summed E-state index contributed by atoms with van der Waals surface area (Å²) in [4.78, 5) is 24.4. The van der Waals surface area contributed by atoms with Gasteiger partial charge < -0.3 is 60.1 Å². The van der Waals surface area contributed by atoms with Gasteiger partial charge in [-0.2, -0.15) is 0 Å². The van der Waals surface area contributed by atoms with Crippen LogP contribution in [0.25, 0.3) is 0 Å². The number of rotatable bonds is 3. The predicted molar refractivity (Wildman–Crippen MR) is 165 cm³/mol. The molecule has 0 aliphatic carbocycles. The molecule has 8 N–H and O–H groups in total. The average Bonchev–Trinajstić information content (AvgIpc) is 3.72. The summed E-state index contributed by atoms with van der Waals surface area (Å²) in [6.07, 6.45) is 5.25. The van der Waals surface area contributed by atoms with E-state index in [0.717, 1.165) is 0 Å². The summed E-state index contributed by atoms with van der Waals surface area (Å²) in [5.74, 6) is -5.45. The summed E-state index contributed by atoms with van der Waals surface area (Å²) in [5.41, 5.74) is 5.98. The van der Waals surface area contributed by atoms with E-state index in [0.29, 0.717) is 6.42 Å². The largest absolute Gasteiger partial charge is 0.481 e. The first-order valence-electron chi connectivity index (χ1n) is 15.9. The van der Waals surface area contributed by atoms with Gasteiger partial charge in [-0.3, -0.25) is 4.79 Å². The maximum Gasteiger partial charge on any atom is 0.330 e. The van der Waals surface area contributed by atoms with Gasteiger partial charge in [0.05, 0.1) is 48.8 Å². The van der Waals surface area contributed by atoms with E-state index < -0.39 is 97.3 Å². The van der Waals surface area contributed by atoms with Crippen molar-refractivity contribution in [2.24, 2.45) is 11.7 Å². The first kappa shape index (κ1) is 37.1. The summed E-state index contributed by atoms with van der Waals surface area (Å²) in [6, 6.07) is -1.08. The third kappa shape index (κ3) is 10.6. The van der Waals surface area contributed by atoms with Crippen molar-refractivity contribution in [3.8, 4) is 0 Å². The summed E-state index contributed by atoms with van der Waals surface area (Å²) in [7, 11) is 0. The number of carbonyl (C=O) groups is 2. The van der Waals surface area contributed by atoms with E-state index in [4.69, 9.17) is 29.4 Å². The van der Waals surface area contributed by atoms with E-state index in [-0.39, 0.29) is 25.4 Å². The van der Waals surface area contributed by atoms with Crippen molar-refractivity contribution in [2.75, 3.05) is 0 Å². The summed E-state index contributed by atoms with van der Waals surface area (Å²) < 4.78 is 28.5. The number of carboxylic acid groups (broad SMARTS) is 1. The smallest absolute Gasteiger partial charge is 0.330 e. The van der Waals surface area contributed by atoms with Gasteiger partial charge in [0.1, 0.15) is 24.2 Å². The second kappa shape index (κ2) is 16.6. The number of esters is 1. The molecule has 3 fully saturated rings. The summed E-state index contributed by atoms with van der Waals surface area (Å²) >= 11 is 0. The van der Waals surface area contributed by atoms with E-state index in [2.05, 4.69) is 0 Å². The van der Waals surface area contributed by atoms with E-state index in [1.165, 1.54) is 12.2 Å². The third-order valence-corrected chi connectivity index (χ3v) is 8.58. The van der Waals surface area contributed by atoms with E-state index >= 15 is 0 Å². The fourth-order valence-corrected chi connectivity index (χ4v) is 6.00. The number of nitrogens with two attached hydrogens (primary N) is 1. The lowest BCUT2D eigenvalue weighted by molar-refractivity contribution is -0.308. The molecule has 0 aromatic carbocycles. The van der Waals surface area contributed by atoms with Gasteiger partial charge in [0, 0.05) is 38.2 Å². The molecule has 0 aromatic rings. The molecule has 3 saturated heterocycles. The van der Waals surface area contributed by atoms with Crippen molar-refractivity contribution in [3.05, 3.63) is 60.8 Å². The van der Waals surface area contributed by atoms with Crippen LogP contribution in [0.5, 0.6) is 0 Å². The monoisotopic (exact) mass is 665 g/mol. The minimum absolute atomic E-state index is 0.0789. The molecule has 0 amide bonds. The van der Waals surface area contributed by atoms with Crippen LogP contribution in [0.1, 0.15) is 46.0 Å². The average molecular weight is 666 g/mol.